The lowest BCUT2D eigenvalue weighted by molar-refractivity contribution is 0.0706. The predicted molar refractivity (Wildman–Crippen MR) is 82.8 cm³/mol. The van der Waals surface area contributed by atoms with E-state index in [2.05, 4.69) is 31.2 Å². The summed E-state index contributed by atoms with van der Waals surface area (Å²) in [4.78, 5) is 18.8. The number of halogens is 1. The standard InChI is InChI=1S/C14H11BrN4O2/c15-9-2-1-3-10(7-9)16-14-17-11-5-4-8(13(20)19-21)6-12(11)18-14/h1-7,21H,(H,19,20)(H2,16,17,18). The Kier molecular flexibility index (Phi) is 3.59. The molecule has 0 spiro atoms. The van der Waals surface area contributed by atoms with Crippen molar-refractivity contribution in [1.29, 1.82) is 0 Å². The van der Waals surface area contributed by atoms with Gasteiger partial charge in [0.25, 0.3) is 5.91 Å². The smallest absolute Gasteiger partial charge is 0.274 e. The van der Waals surface area contributed by atoms with Crippen molar-refractivity contribution in [3.63, 3.8) is 0 Å². The van der Waals surface area contributed by atoms with Crippen LogP contribution in [0.15, 0.2) is 46.9 Å². The van der Waals surface area contributed by atoms with Crippen molar-refractivity contribution >= 4 is 44.5 Å². The van der Waals surface area contributed by atoms with Crippen LogP contribution in [-0.2, 0) is 0 Å². The highest BCUT2D eigenvalue weighted by Gasteiger charge is 2.08. The van der Waals surface area contributed by atoms with Gasteiger partial charge in [-0.1, -0.05) is 22.0 Å². The molecule has 1 heterocycles. The van der Waals surface area contributed by atoms with Crippen LogP contribution in [-0.4, -0.2) is 21.1 Å². The Labute approximate surface area is 128 Å². The Morgan fingerprint density at radius 2 is 2.10 bits per heavy atom. The molecule has 0 atom stereocenters. The first-order valence-electron chi connectivity index (χ1n) is 6.12. The topological polar surface area (TPSA) is 90.0 Å². The highest BCUT2D eigenvalue weighted by Crippen LogP contribution is 2.21. The molecule has 1 aromatic heterocycles. The van der Waals surface area contributed by atoms with Crippen LogP contribution in [0, 0.1) is 0 Å². The number of hydroxylamine groups is 1. The fraction of sp³-hybridized carbons (Fsp3) is 0. The number of rotatable bonds is 3. The van der Waals surface area contributed by atoms with Crippen LogP contribution in [0.4, 0.5) is 11.6 Å². The minimum absolute atomic E-state index is 0.350. The molecule has 0 radical (unpaired) electrons. The number of nitrogens with zero attached hydrogens (tertiary/aromatic N) is 1. The molecule has 0 unspecified atom stereocenters. The highest BCUT2D eigenvalue weighted by molar-refractivity contribution is 9.10. The van der Waals surface area contributed by atoms with Crippen LogP contribution in [0.5, 0.6) is 0 Å². The lowest BCUT2D eigenvalue weighted by Gasteiger charge is -2.02. The summed E-state index contributed by atoms with van der Waals surface area (Å²) in [5.74, 6) is 0.0117. The van der Waals surface area contributed by atoms with E-state index in [4.69, 9.17) is 5.21 Å². The van der Waals surface area contributed by atoms with Gasteiger partial charge in [0.2, 0.25) is 5.95 Å². The average molecular weight is 347 g/mol. The summed E-state index contributed by atoms with van der Waals surface area (Å²) in [5, 5.41) is 11.8. The van der Waals surface area contributed by atoms with E-state index >= 15 is 0 Å². The third kappa shape index (κ3) is 2.88. The molecule has 106 valence electrons. The minimum Gasteiger partial charge on any atom is -0.326 e. The molecule has 0 saturated heterocycles. The summed E-state index contributed by atoms with van der Waals surface area (Å²) in [6.07, 6.45) is 0. The number of hydrogen-bond acceptors (Lipinski definition) is 4. The largest absolute Gasteiger partial charge is 0.326 e. The number of amides is 1. The Bertz CT molecular complexity index is 816. The first kappa shape index (κ1) is 13.6. The number of hydrogen-bond donors (Lipinski definition) is 4. The van der Waals surface area contributed by atoms with Gasteiger partial charge < -0.3 is 10.3 Å². The van der Waals surface area contributed by atoms with Crippen molar-refractivity contribution in [3.8, 4) is 0 Å². The zero-order chi connectivity index (χ0) is 14.8. The molecule has 0 saturated carbocycles. The second kappa shape index (κ2) is 5.55. The van der Waals surface area contributed by atoms with Crippen LogP contribution in [0.3, 0.4) is 0 Å². The van der Waals surface area contributed by atoms with Gasteiger partial charge >= 0.3 is 0 Å². The van der Waals surface area contributed by atoms with Crippen molar-refractivity contribution in [2.75, 3.05) is 5.32 Å². The van der Waals surface area contributed by atoms with Crippen LogP contribution in [0.25, 0.3) is 11.0 Å². The zero-order valence-corrected chi connectivity index (χ0v) is 12.3. The molecule has 1 amide bonds. The molecule has 0 aliphatic carbocycles. The van der Waals surface area contributed by atoms with Gasteiger partial charge in [0.15, 0.2) is 0 Å². The number of benzene rings is 2. The monoisotopic (exact) mass is 346 g/mol. The van der Waals surface area contributed by atoms with Crippen LogP contribution >= 0.6 is 15.9 Å². The molecule has 3 rings (SSSR count). The molecule has 7 heteroatoms. The highest BCUT2D eigenvalue weighted by atomic mass is 79.9. The first-order valence-corrected chi connectivity index (χ1v) is 6.92. The molecule has 0 aliphatic heterocycles. The van der Waals surface area contributed by atoms with Gasteiger partial charge in [-0.3, -0.25) is 10.0 Å². The molecule has 0 bridgehead atoms. The summed E-state index contributed by atoms with van der Waals surface area (Å²) in [6.45, 7) is 0. The van der Waals surface area contributed by atoms with E-state index in [-0.39, 0.29) is 0 Å². The Morgan fingerprint density at radius 3 is 2.86 bits per heavy atom. The summed E-state index contributed by atoms with van der Waals surface area (Å²) < 4.78 is 0.963. The number of aromatic amines is 1. The number of aromatic nitrogens is 2. The zero-order valence-electron chi connectivity index (χ0n) is 10.7. The summed E-state index contributed by atoms with van der Waals surface area (Å²) in [6, 6.07) is 12.6. The Morgan fingerprint density at radius 1 is 1.24 bits per heavy atom. The maximum atomic E-state index is 11.4. The molecular formula is C14H11BrN4O2. The number of H-pyrrole nitrogens is 1. The van der Waals surface area contributed by atoms with E-state index in [9.17, 15) is 4.79 Å². The maximum Gasteiger partial charge on any atom is 0.274 e. The lowest BCUT2D eigenvalue weighted by Crippen LogP contribution is -2.18. The summed E-state index contributed by atoms with van der Waals surface area (Å²) >= 11 is 3.40. The van der Waals surface area contributed by atoms with Crippen molar-refractivity contribution < 1.29 is 10.0 Å². The molecule has 21 heavy (non-hydrogen) atoms. The SMILES string of the molecule is O=C(NO)c1ccc2nc(Nc3cccc(Br)c3)[nH]c2c1. The number of anilines is 2. The summed E-state index contributed by atoms with van der Waals surface area (Å²) in [5.41, 5.74) is 4.27. The van der Waals surface area contributed by atoms with Crippen LogP contribution in [0.2, 0.25) is 0 Å². The maximum absolute atomic E-state index is 11.4. The molecule has 0 aliphatic rings. The van der Waals surface area contributed by atoms with Gasteiger partial charge in [-0.15, -0.1) is 0 Å². The van der Waals surface area contributed by atoms with Crippen molar-refractivity contribution in [1.82, 2.24) is 15.4 Å². The lowest BCUT2D eigenvalue weighted by atomic mass is 10.2. The van der Waals surface area contributed by atoms with Gasteiger partial charge in [0, 0.05) is 15.7 Å². The van der Waals surface area contributed by atoms with Crippen molar-refractivity contribution in [2.45, 2.75) is 0 Å². The normalized spacial score (nSPS) is 10.6. The number of carbonyl (C=O) groups excluding carboxylic acids is 1. The molecule has 4 N–H and O–H groups in total. The number of nitrogens with one attached hydrogen (secondary N) is 3. The minimum atomic E-state index is -0.562. The number of fused-ring (bicyclic) bond motifs is 1. The number of carbonyl (C=O) groups is 1. The number of imidazole rings is 1. The molecule has 0 fully saturated rings. The summed E-state index contributed by atoms with van der Waals surface area (Å²) in [7, 11) is 0. The van der Waals surface area contributed by atoms with Gasteiger partial charge in [-0.2, -0.15) is 0 Å². The first-order chi connectivity index (χ1) is 10.2. The van der Waals surface area contributed by atoms with E-state index < -0.39 is 5.91 Å². The fourth-order valence-electron chi connectivity index (χ4n) is 1.98. The van der Waals surface area contributed by atoms with Crippen LogP contribution in [0.1, 0.15) is 10.4 Å². The second-order valence-electron chi connectivity index (χ2n) is 4.39. The quantitative estimate of drug-likeness (QED) is 0.433. The van der Waals surface area contributed by atoms with Crippen LogP contribution < -0.4 is 10.8 Å². The van der Waals surface area contributed by atoms with Gasteiger partial charge in [-0.25, -0.2) is 10.5 Å². The van der Waals surface area contributed by atoms with E-state index in [1.807, 2.05) is 24.3 Å². The predicted octanol–water partition coefficient (Wildman–Crippen LogP) is 3.19. The van der Waals surface area contributed by atoms with E-state index in [1.165, 1.54) is 0 Å². The molecule has 2 aromatic carbocycles. The van der Waals surface area contributed by atoms with E-state index in [1.54, 1.807) is 23.7 Å². The van der Waals surface area contributed by atoms with E-state index in [0.29, 0.717) is 17.0 Å². The van der Waals surface area contributed by atoms with Gasteiger partial charge in [-0.05, 0) is 36.4 Å². The average Bonchev–Trinajstić information content (AvgIpc) is 2.87. The van der Waals surface area contributed by atoms with Crippen molar-refractivity contribution in [2.24, 2.45) is 0 Å². The molecular weight excluding hydrogens is 336 g/mol. The molecule has 3 aromatic rings. The molecule has 6 nitrogen and oxygen atoms in total. The van der Waals surface area contributed by atoms with E-state index in [0.717, 1.165) is 15.7 Å². The fourth-order valence-corrected chi connectivity index (χ4v) is 2.38. The Balaban J connectivity index is 1.92. The third-order valence-corrected chi connectivity index (χ3v) is 3.43. The van der Waals surface area contributed by atoms with Gasteiger partial charge in [0.1, 0.15) is 0 Å². The van der Waals surface area contributed by atoms with Gasteiger partial charge in [0.05, 0.1) is 11.0 Å². The Hall–Kier alpha value is -2.38. The third-order valence-electron chi connectivity index (χ3n) is 2.93. The second-order valence-corrected chi connectivity index (χ2v) is 5.31. The van der Waals surface area contributed by atoms with Crippen molar-refractivity contribution in [3.05, 3.63) is 52.5 Å².